The van der Waals surface area contributed by atoms with E-state index >= 15 is 0 Å². The van der Waals surface area contributed by atoms with Gasteiger partial charge in [-0.2, -0.15) is 5.26 Å². The molecule has 1 aromatic carbocycles. The van der Waals surface area contributed by atoms with Crippen LogP contribution in [0, 0.1) is 17.3 Å². The second-order valence-corrected chi connectivity index (χ2v) is 11.1. The van der Waals surface area contributed by atoms with Gasteiger partial charge >= 0.3 is 0 Å². The lowest BCUT2D eigenvalue weighted by molar-refractivity contribution is -0.128. The second kappa shape index (κ2) is 11.3. The zero-order valence-corrected chi connectivity index (χ0v) is 21.9. The Kier molecular flexibility index (Phi) is 8.11. The zero-order chi connectivity index (χ0) is 26.6. The van der Waals surface area contributed by atoms with Gasteiger partial charge in [0.1, 0.15) is 17.9 Å². The van der Waals surface area contributed by atoms with Crippen LogP contribution in [0.5, 0.6) is 0 Å². The Hall–Kier alpha value is -3.47. The van der Waals surface area contributed by atoms with E-state index in [4.69, 9.17) is 0 Å². The van der Waals surface area contributed by atoms with Gasteiger partial charge in [0.25, 0.3) is 5.91 Å². The van der Waals surface area contributed by atoms with Crippen molar-refractivity contribution in [1.82, 2.24) is 15.2 Å². The molecule has 2 amide bonds. The molecule has 0 bridgehead atoms. The number of benzene rings is 1. The van der Waals surface area contributed by atoms with E-state index in [1.807, 2.05) is 24.3 Å². The lowest BCUT2D eigenvalue weighted by atomic mass is 9.87. The Morgan fingerprint density at radius 3 is 2.43 bits per heavy atom. The van der Waals surface area contributed by atoms with Crippen molar-refractivity contribution in [3.8, 4) is 6.19 Å². The summed E-state index contributed by atoms with van der Waals surface area (Å²) in [5.41, 5.74) is 1.80. The lowest BCUT2D eigenvalue weighted by Crippen LogP contribution is -2.51. The molecule has 1 aromatic heterocycles. The molecule has 0 spiro atoms. The Morgan fingerprint density at radius 1 is 1.11 bits per heavy atom. The van der Waals surface area contributed by atoms with E-state index in [2.05, 4.69) is 37.3 Å². The van der Waals surface area contributed by atoms with E-state index in [-0.39, 0.29) is 23.3 Å². The number of nitrogens with one attached hydrogen (secondary N) is 1. The summed E-state index contributed by atoms with van der Waals surface area (Å²) in [5.74, 6) is -1.30. The molecular weight excluding hydrogens is 469 g/mol. The summed E-state index contributed by atoms with van der Waals surface area (Å²) < 4.78 is 14.4. The minimum atomic E-state index is -1.13. The van der Waals surface area contributed by atoms with Gasteiger partial charge in [0.05, 0.1) is 6.20 Å². The third-order valence-electron chi connectivity index (χ3n) is 7.42. The highest BCUT2D eigenvalue weighted by Crippen LogP contribution is 2.33. The minimum absolute atomic E-state index is 0.00701. The monoisotopic (exact) mass is 505 g/mol. The van der Waals surface area contributed by atoms with Crippen molar-refractivity contribution >= 4 is 17.5 Å². The van der Waals surface area contributed by atoms with E-state index in [0.29, 0.717) is 30.6 Å². The van der Waals surface area contributed by atoms with Crippen LogP contribution >= 0.6 is 0 Å². The maximum absolute atomic E-state index is 14.4. The molecule has 37 heavy (non-hydrogen) atoms. The van der Waals surface area contributed by atoms with Gasteiger partial charge in [-0.1, -0.05) is 52.2 Å². The molecule has 0 radical (unpaired) electrons. The number of pyridine rings is 1. The van der Waals surface area contributed by atoms with Gasteiger partial charge in [0.2, 0.25) is 5.91 Å². The molecule has 7 nitrogen and oxygen atoms in total. The Bertz CT molecular complexity index is 1150. The minimum Gasteiger partial charge on any atom is -0.351 e. The fourth-order valence-corrected chi connectivity index (χ4v) is 5.35. The van der Waals surface area contributed by atoms with Crippen molar-refractivity contribution < 1.29 is 14.0 Å². The molecule has 1 aliphatic carbocycles. The van der Waals surface area contributed by atoms with Crippen LogP contribution in [0.4, 0.5) is 10.1 Å². The van der Waals surface area contributed by atoms with E-state index in [1.54, 1.807) is 0 Å². The van der Waals surface area contributed by atoms with Crippen molar-refractivity contribution in [2.75, 3.05) is 11.4 Å². The quantitative estimate of drug-likeness (QED) is 0.559. The molecule has 2 fully saturated rings. The number of carbonyl (C=O) groups is 2. The van der Waals surface area contributed by atoms with Gasteiger partial charge < -0.3 is 5.32 Å². The average Bonchev–Trinajstić information content (AvgIpc) is 3.36. The van der Waals surface area contributed by atoms with Gasteiger partial charge in [-0.05, 0) is 54.9 Å². The Labute approximate surface area is 218 Å². The number of hydrogen-bond donors (Lipinski definition) is 1. The summed E-state index contributed by atoms with van der Waals surface area (Å²) in [5, 5.41) is 12.8. The van der Waals surface area contributed by atoms with Crippen LogP contribution in [0.2, 0.25) is 0 Å². The summed E-state index contributed by atoms with van der Waals surface area (Å²) in [6, 6.07) is 7.03. The predicted molar refractivity (Wildman–Crippen MR) is 140 cm³/mol. The fraction of sp³-hybridized carbons (Fsp3) is 0.517. The molecular formula is C29H36FN5O2. The molecule has 2 heterocycles. The first kappa shape index (κ1) is 26.6. The molecule has 1 saturated carbocycles. The van der Waals surface area contributed by atoms with Crippen LogP contribution in [-0.4, -0.2) is 40.3 Å². The molecule has 2 aliphatic rings. The molecule has 4 rings (SSSR count). The third-order valence-corrected chi connectivity index (χ3v) is 7.42. The highest BCUT2D eigenvalue weighted by molar-refractivity contribution is 6.04. The number of anilines is 1. The van der Waals surface area contributed by atoms with Gasteiger partial charge in [0, 0.05) is 30.0 Å². The summed E-state index contributed by atoms with van der Waals surface area (Å²) in [6.07, 6.45) is 10.8. The van der Waals surface area contributed by atoms with Gasteiger partial charge in [-0.15, -0.1) is 0 Å². The summed E-state index contributed by atoms with van der Waals surface area (Å²) in [6.45, 7) is 6.80. The number of halogens is 1. The largest absolute Gasteiger partial charge is 0.351 e. The maximum atomic E-state index is 14.4. The summed E-state index contributed by atoms with van der Waals surface area (Å²) in [7, 11) is 0. The maximum Gasteiger partial charge on any atom is 0.251 e. The van der Waals surface area contributed by atoms with E-state index in [1.165, 1.54) is 22.1 Å². The van der Waals surface area contributed by atoms with Crippen molar-refractivity contribution in [1.29, 1.82) is 5.26 Å². The van der Waals surface area contributed by atoms with Crippen LogP contribution in [-0.2, 0) is 15.0 Å². The van der Waals surface area contributed by atoms with E-state index in [0.717, 1.165) is 43.9 Å². The van der Waals surface area contributed by atoms with E-state index in [9.17, 15) is 19.2 Å². The van der Waals surface area contributed by atoms with Crippen LogP contribution < -0.4 is 10.2 Å². The number of rotatable bonds is 6. The Morgan fingerprint density at radius 2 is 1.81 bits per heavy atom. The van der Waals surface area contributed by atoms with Gasteiger partial charge in [0.15, 0.2) is 6.19 Å². The average molecular weight is 506 g/mol. The molecule has 1 unspecified atom stereocenters. The SMILES string of the molecule is CC(C)(C)c1ccc(N(C(=O)[C@H]2CCCN2C#N)C(C(=O)NC2CCCCC2)c2cncc(F)c2)cc1. The number of hydrogen-bond acceptors (Lipinski definition) is 5. The number of aromatic nitrogens is 1. The first-order valence-electron chi connectivity index (χ1n) is 13.2. The number of nitriles is 1. The van der Waals surface area contributed by atoms with Crippen LogP contribution in [0.3, 0.4) is 0 Å². The molecule has 8 heteroatoms. The van der Waals surface area contributed by atoms with E-state index < -0.39 is 17.9 Å². The van der Waals surface area contributed by atoms with Crippen LogP contribution in [0.15, 0.2) is 42.7 Å². The highest BCUT2D eigenvalue weighted by Gasteiger charge is 2.41. The number of nitrogens with zero attached hydrogens (tertiary/aromatic N) is 4. The van der Waals surface area contributed by atoms with Gasteiger partial charge in [-0.3, -0.25) is 24.4 Å². The van der Waals surface area contributed by atoms with Crippen LogP contribution in [0.25, 0.3) is 0 Å². The highest BCUT2D eigenvalue weighted by atomic mass is 19.1. The second-order valence-electron chi connectivity index (χ2n) is 11.1. The van der Waals surface area contributed by atoms with Crippen molar-refractivity contribution in [3.05, 3.63) is 59.7 Å². The molecule has 1 saturated heterocycles. The number of likely N-dealkylation sites (tertiary alicyclic amines) is 1. The molecule has 196 valence electrons. The van der Waals surface area contributed by atoms with Crippen molar-refractivity contribution in [3.63, 3.8) is 0 Å². The lowest BCUT2D eigenvalue weighted by Gasteiger charge is -2.35. The first-order chi connectivity index (χ1) is 17.7. The molecule has 1 N–H and O–H groups in total. The van der Waals surface area contributed by atoms with Crippen LogP contribution in [0.1, 0.15) is 82.9 Å². The topological polar surface area (TPSA) is 89.3 Å². The Balaban J connectivity index is 1.80. The summed E-state index contributed by atoms with van der Waals surface area (Å²) >= 11 is 0. The van der Waals surface area contributed by atoms with Crippen molar-refractivity contribution in [2.45, 2.75) is 89.3 Å². The number of amides is 2. The summed E-state index contributed by atoms with van der Waals surface area (Å²) in [4.78, 5) is 34.9. The van der Waals surface area contributed by atoms with Crippen molar-refractivity contribution in [2.24, 2.45) is 0 Å². The predicted octanol–water partition coefficient (Wildman–Crippen LogP) is 4.99. The van der Waals surface area contributed by atoms with Gasteiger partial charge in [-0.25, -0.2) is 4.39 Å². The third kappa shape index (κ3) is 6.10. The fourth-order valence-electron chi connectivity index (χ4n) is 5.35. The molecule has 2 atom stereocenters. The first-order valence-corrected chi connectivity index (χ1v) is 13.2. The zero-order valence-electron chi connectivity index (χ0n) is 21.9. The molecule has 1 aliphatic heterocycles. The number of carbonyl (C=O) groups excluding carboxylic acids is 2. The molecule has 2 aromatic rings. The normalized spacial score (nSPS) is 19.2. The standard InChI is InChI=1S/C29H36FN5O2/c1-29(2,3)21-11-13-24(14-12-21)35(28(37)25-10-7-15-34(25)19-31)26(20-16-22(30)18-32-17-20)27(36)33-23-8-5-4-6-9-23/h11-14,16-18,23,25-26H,4-10,15H2,1-3H3,(H,33,36)/t25-,26?/m1/s1. The smallest absolute Gasteiger partial charge is 0.251 e.